The number of hydrogen-bond donors (Lipinski definition) is 2. The van der Waals surface area contributed by atoms with Gasteiger partial charge in [-0.3, -0.25) is 4.79 Å². The normalized spacial score (nSPS) is 17.5. The van der Waals surface area contributed by atoms with Crippen LogP contribution < -0.4 is 10.6 Å². The maximum absolute atomic E-state index is 12.3. The highest BCUT2D eigenvalue weighted by Crippen LogP contribution is 2.18. The molecule has 116 valence electrons. The number of nitrogens with zero attached hydrogens (tertiary/aromatic N) is 4. The maximum Gasteiger partial charge on any atom is 0.223 e. The number of aromatic nitrogens is 4. The van der Waals surface area contributed by atoms with E-state index in [4.69, 9.17) is 0 Å². The van der Waals surface area contributed by atoms with Crippen LogP contribution in [0.5, 0.6) is 0 Å². The number of hydrogen-bond acceptors (Lipinski definition) is 5. The maximum atomic E-state index is 12.3. The fourth-order valence-electron chi connectivity index (χ4n) is 2.51. The largest absolute Gasteiger partial charge is 0.346 e. The van der Waals surface area contributed by atoms with Gasteiger partial charge in [-0.1, -0.05) is 25.1 Å². The number of nitrogens with one attached hydrogen (secondary N) is 2. The molecule has 1 aliphatic rings. The van der Waals surface area contributed by atoms with E-state index < -0.39 is 0 Å². The first-order valence-corrected chi connectivity index (χ1v) is 7.51. The third-order valence-corrected chi connectivity index (χ3v) is 4.17. The Balaban J connectivity index is 1.72. The topological polar surface area (TPSA) is 84.7 Å². The van der Waals surface area contributed by atoms with E-state index in [-0.39, 0.29) is 17.9 Å². The highest BCUT2D eigenvalue weighted by atomic mass is 16.2. The van der Waals surface area contributed by atoms with Crippen LogP contribution in [0, 0.1) is 11.8 Å². The lowest BCUT2D eigenvalue weighted by molar-refractivity contribution is -0.127. The van der Waals surface area contributed by atoms with Gasteiger partial charge in [0, 0.05) is 5.92 Å². The Morgan fingerprint density at radius 2 is 2.05 bits per heavy atom. The lowest BCUT2D eigenvalue weighted by atomic mass is 9.88. The molecular formula is C15H20N6O. The number of rotatable bonds is 5. The van der Waals surface area contributed by atoms with Gasteiger partial charge in [-0.2, -0.15) is 4.68 Å². The van der Waals surface area contributed by atoms with E-state index in [0.717, 1.165) is 18.8 Å². The van der Waals surface area contributed by atoms with Crippen molar-refractivity contribution < 1.29 is 4.79 Å². The molecule has 1 aromatic heterocycles. The molecule has 1 amide bonds. The zero-order chi connectivity index (χ0) is 15.5. The summed E-state index contributed by atoms with van der Waals surface area (Å²) in [4.78, 5) is 12.3. The van der Waals surface area contributed by atoms with E-state index in [1.54, 1.807) is 4.68 Å². The summed E-state index contributed by atoms with van der Waals surface area (Å²) in [6.45, 7) is 5.68. The predicted molar refractivity (Wildman–Crippen MR) is 81.2 cm³/mol. The standard InChI is InChI=1S/C15H20N6O/c1-10(12-8-16-9-12)15(22)17-11(2)14-18-19-20-21(14)13-6-4-3-5-7-13/h3-7,10-12,16H,8-9H2,1-2H3,(H,17,22). The minimum Gasteiger partial charge on any atom is -0.346 e. The molecule has 2 N–H and O–H groups in total. The summed E-state index contributed by atoms with van der Waals surface area (Å²) in [5.74, 6) is 1.07. The molecule has 2 unspecified atom stereocenters. The molecule has 7 heteroatoms. The van der Waals surface area contributed by atoms with Gasteiger partial charge in [0.2, 0.25) is 5.91 Å². The van der Waals surface area contributed by atoms with Crippen molar-refractivity contribution in [1.82, 2.24) is 30.8 Å². The van der Waals surface area contributed by atoms with Gasteiger partial charge < -0.3 is 10.6 Å². The monoisotopic (exact) mass is 300 g/mol. The van der Waals surface area contributed by atoms with Gasteiger partial charge in [-0.15, -0.1) is 5.10 Å². The van der Waals surface area contributed by atoms with Crippen molar-refractivity contribution in [3.8, 4) is 5.69 Å². The van der Waals surface area contributed by atoms with E-state index in [0.29, 0.717) is 11.7 Å². The second-order valence-corrected chi connectivity index (χ2v) is 5.72. The number of benzene rings is 1. The van der Waals surface area contributed by atoms with Crippen molar-refractivity contribution in [2.45, 2.75) is 19.9 Å². The predicted octanol–water partition coefficient (Wildman–Crippen LogP) is 0.695. The molecular weight excluding hydrogens is 280 g/mol. The molecule has 1 aliphatic heterocycles. The van der Waals surface area contributed by atoms with Crippen LogP contribution in [0.15, 0.2) is 30.3 Å². The second kappa shape index (κ2) is 6.23. The Hall–Kier alpha value is -2.28. The van der Waals surface area contributed by atoms with Crippen LogP contribution in [0.3, 0.4) is 0 Å². The van der Waals surface area contributed by atoms with Gasteiger partial charge in [0.15, 0.2) is 5.82 Å². The highest BCUT2D eigenvalue weighted by molar-refractivity contribution is 5.79. The molecule has 7 nitrogen and oxygen atoms in total. The fraction of sp³-hybridized carbons (Fsp3) is 0.467. The molecule has 0 saturated carbocycles. The van der Waals surface area contributed by atoms with Crippen LogP contribution in [0.2, 0.25) is 0 Å². The molecule has 2 aromatic rings. The van der Waals surface area contributed by atoms with Crippen molar-refractivity contribution in [3.63, 3.8) is 0 Å². The molecule has 1 fully saturated rings. The van der Waals surface area contributed by atoms with Crippen molar-refractivity contribution in [3.05, 3.63) is 36.2 Å². The molecule has 1 aromatic carbocycles. The summed E-state index contributed by atoms with van der Waals surface area (Å²) in [5.41, 5.74) is 0.875. The van der Waals surface area contributed by atoms with Crippen LogP contribution in [-0.4, -0.2) is 39.2 Å². The molecule has 0 aliphatic carbocycles. The zero-order valence-corrected chi connectivity index (χ0v) is 12.7. The third-order valence-electron chi connectivity index (χ3n) is 4.17. The smallest absolute Gasteiger partial charge is 0.223 e. The van der Waals surface area contributed by atoms with Crippen molar-refractivity contribution in [2.75, 3.05) is 13.1 Å². The van der Waals surface area contributed by atoms with Gasteiger partial charge in [-0.05, 0) is 48.5 Å². The summed E-state index contributed by atoms with van der Waals surface area (Å²) < 4.78 is 1.65. The minimum absolute atomic E-state index is 0.00949. The first-order chi connectivity index (χ1) is 10.7. The van der Waals surface area contributed by atoms with Crippen LogP contribution in [0.4, 0.5) is 0 Å². The Bertz CT molecular complexity index is 636. The number of carbonyl (C=O) groups is 1. The van der Waals surface area contributed by atoms with Crippen LogP contribution in [-0.2, 0) is 4.79 Å². The van der Waals surface area contributed by atoms with Gasteiger partial charge in [0.25, 0.3) is 0 Å². The highest BCUT2D eigenvalue weighted by Gasteiger charge is 2.30. The third kappa shape index (κ3) is 2.85. The number of carbonyl (C=O) groups excluding carboxylic acids is 1. The van der Waals surface area contributed by atoms with Gasteiger partial charge >= 0.3 is 0 Å². The molecule has 0 radical (unpaired) electrons. The van der Waals surface area contributed by atoms with Crippen LogP contribution in [0.1, 0.15) is 25.7 Å². The molecule has 2 heterocycles. The molecule has 3 rings (SSSR count). The number of para-hydroxylation sites is 1. The summed E-state index contributed by atoms with van der Waals surface area (Å²) in [6.07, 6.45) is 0. The van der Waals surface area contributed by atoms with E-state index >= 15 is 0 Å². The van der Waals surface area contributed by atoms with Crippen LogP contribution >= 0.6 is 0 Å². The Morgan fingerprint density at radius 3 is 2.68 bits per heavy atom. The molecule has 22 heavy (non-hydrogen) atoms. The van der Waals surface area contributed by atoms with Gasteiger partial charge in [0.05, 0.1) is 11.7 Å². The summed E-state index contributed by atoms with van der Waals surface area (Å²) >= 11 is 0. The van der Waals surface area contributed by atoms with Crippen LogP contribution in [0.25, 0.3) is 5.69 Å². The Kier molecular flexibility index (Phi) is 4.15. The SMILES string of the molecule is CC(NC(=O)C(C)C1CNC1)c1nnnn1-c1ccccc1. The molecule has 0 bridgehead atoms. The molecule has 0 spiro atoms. The quantitative estimate of drug-likeness (QED) is 0.849. The first-order valence-electron chi connectivity index (χ1n) is 7.51. The number of amides is 1. The average Bonchev–Trinajstić information content (AvgIpc) is 2.95. The van der Waals surface area contributed by atoms with Crippen molar-refractivity contribution in [2.24, 2.45) is 11.8 Å². The summed E-state index contributed by atoms with van der Waals surface area (Å²) in [5, 5.41) is 18.0. The minimum atomic E-state index is -0.252. The van der Waals surface area contributed by atoms with Crippen molar-refractivity contribution >= 4 is 5.91 Å². The van der Waals surface area contributed by atoms with Crippen molar-refractivity contribution in [1.29, 1.82) is 0 Å². The zero-order valence-electron chi connectivity index (χ0n) is 12.7. The van der Waals surface area contributed by atoms with Gasteiger partial charge in [0.1, 0.15) is 0 Å². The van der Waals surface area contributed by atoms with E-state index in [2.05, 4.69) is 26.2 Å². The Labute approximate surface area is 129 Å². The lowest BCUT2D eigenvalue weighted by Crippen LogP contribution is -2.50. The molecule has 2 atom stereocenters. The average molecular weight is 300 g/mol. The van der Waals surface area contributed by atoms with E-state index in [1.165, 1.54) is 0 Å². The summed E-state index contributed by atoms with van der Waals surface area (Å²) in [7, 11) is 0. The lowest BCUT2D eigenvalue weighted by Gasteiger charge is -2.32. The fourth-order valence-corrected chi connectivity index (χ4v) is 2.51. The van der Waals surface area contributed by atoms with E-state index in [9.17, 15) is 4.79 Å². The Morgan fingerprint density at radius 1 is 1.32 bits per heavy atom. The number of tetrazole rings is 1. The molecule has 1 saturated heterocycles. The first kappa shape index (κ1) is 14.6. The second-order valence-electron chi connectivity index (χ2n) is 5.72. The van der Waals surface area contributed by atoms with Gasteiger partial charge in [-0.25, -0.2) is 0 Å². The van der Waals surface area contributed by atoms with E-state index in [1.807, 2.05) is 44.2 Å². The summed E-state index contributed by atoms with van der Waals surface area (Å²) in [6, 6.07) is 9.39.